The molecule has 0 saturated carbocycles. The summed E-state index contributed by atoms with van der Waals surface area (Å²) in [7, 11) is 0. The first-order valence-corrected chi connectivity index (χ1v) is 15.5. The number of nitrogens with one attached hydrogen (secondary N) is 2. The van der Waals surface area contributed by atoms with Crippen LogP contribution in [0.15, 0.2) is 79.1 Å². The van der Waals surface area contributed by atoms with Crippen molar-refractivity contribution in [2.24, 2.45) is 0 Å². The summed E-state index contributed by atoms with van der Waals surface area (Å²) < 4.78 is 14.1. The molecule has 3 aromatic carbocycles. The summed E-state index contributed by atoms with van der Waals surface area (Å²) in [6.45, 7) is 5.20. The van der Waals surface area contributed by atoms with E-state index in [1.54, 1.807) is 30.9 Å². The fraction of sp³-hybridized carbons (Fsp3) is 0.314. The minimum Gasteiger partial charge on any atom is -0.361 e. The van der Waals surface area contributed by atoms with Gasteiger partial charge in [0.1, 0.15) is 5.82 Å². The average Bonchev–Trinajstić information content (AvgIpc) is 3.62. The molecule has 228 valence electrons. The van der Waals surface area contributed by atoms with E-state index in [0.29, 0.717) is 37.6 Å². The zero-order valence-corrected chi connectivity index (χ0v) is 25.8. The van der Waals surface area contributed by atoms with Crippen LogP contribution < -0.4 is 0 Å². The number of piperidine rings is 1. The highest BCUT2D eigenvalue weighted by Gasteiger charge is 2.34. The van der Waals surface area contributed by atoms with Crippen LogP contribution in [0.25, 0.3) is 21.8 Å². The first-order valence-electron chi connectivity index (χ1n) is 15.1. The lowest BCUT2D eigenvalue weighted by Gasteiger charge is -2.44. The standard InChI is InChI=1S/C35H37ClFN5O2/c1-23(43)40(21-26-7-3-5-9-33(26)36)22-29(17-27-19-38-34-10-6-4-8-30(27)34)42(24(2)44)41-15-13-25(14-16-41)32-20-39-35-12-11-28(37)18-31(32)35/h3-12,18-20,25,29,38-39H,13-17,21-22H2,1-2H3/t29-/m1/s1. The zero-order chi connectivity index (χ0) is 30.8. The molecule has 0 aliphatic carbocycles. The molecule has 2 aromatic heterocycles. The molecule has 0 spiro atoms. The van der Waals surface area contributed by atoms with Crippen molar-refractivity contribution >= 4 is 45.2 Å². The Balaban J connectivity index is 1.28. The van der Waals surface area contributed by atoms with Gasteiger partial charge in [0, 0.05) is 79.2 Å². The molecule has 2 N–H and O–H groups in total. The largest absolute Gasteiger partial charge is 0.361 e. The Morgan fingerprint density at radius 1 is 0.909 bits per heavy atom. The van der Waals surface area contributed by atoms with Crippen LogP contribution in [0.3, 0.4) is 0 Å². The molecule has 1 aliphatic heterocycles. The smallest absolute Gasteiger partial charge is 0.234 e. The number of hydrogen-bond acceptors (Lipinski definition) is 3. The fourth-order valence-electron chi connectivity index (χ4n) is 6.71. The number of aromatic nitrogens is 2. The molecule has 0 radical (unpaired) electrons. The van der Waals surface area contributed by atoms with Gasteiger partial charge < -0.3 is 14.9 Å². The summed E-state index contributed by atoms with van der Waals surface area (Å²) in [5.74, 6) is -0.145. The first kappa shape index (κ1) is 29.9. The van der Waals surface area contributed by atoms with Crippen molar-refractivity contribution in [2.45, 2.75) is 51.6 Å². The number of para-hydroxylation sites is 1. The molecule has 0 unspecified atom stereocenters. The van der Waals surface area contributed by atoms with Crippen molar-refractivity contribution < 1.29 is 14.0 Å². The molecule has 44 heavy (non-hydrogen) atoms. The number of halogens is 2. The third-order valence-corrected chi connectivity index (χ3v) is 9.25. The topological polar surface area (TPSA) is 75.4 Å². The third kappa shape index (κ3) is 6.23. The van der Waals surface area contributed by atoms with Crippen molar-refractivity contribution in [1.29, 1.82) is 0 Å². The molecular formula is C35H37ClFN5O2. The van der Waals surface area contributed by atoms with Crippen LogP contribution in [0.5, 0.6) is 0 Å². The van der Waals surface area contributed by atoms with Gasteiger partial charge in [0.25, 0.3) is 0 Å². The third-order valence-electron chi connectivity index (χ3n) is 8.89. The Kier molecular flexibility index (Phi) is 8.73. The van der Waals surface area contributed by atoms with Gasteiger partial charge in [-0.2, -0.15) is 0 Å². The monoisotopic (exact) mass is 613 g/mol. The number of nitrogens with zero attached hydrogens (tertiary/aromatic N) is 3. The van der Waals surface area contributed by atoms with Crippen LogP contribution in [0.1, 0.15) is 49.3 Å². The maximum absolute atomic E-state index is 14.1. The fourth-order valence-corrected chi connectivity index (χ4v) is 6.90. The Labute approximate surface area is 261 Å². The molecular weight excluding hydrogens is 577 g/mol. The van der Waals surface area contributed by atoms with E-state index in [1.165, 1.54) is 6.07 Å². The average molecular weight is 614 g/mol. The van der Waals surface area contributed by atoms with Gasteiger partial charge in [-0.05, 0) is 72.2 Å². The molecule has 6 rings (SSSR count). The van der Waals surface area contributed by atoms with Gasteiger partial charge in [-0.15, -0.1) is 0 Å². The number of amides is 2. The highest BCUT2D eigenvalue weighted by molar-refractivity contribution is 6.31. The highest BCUT2D eigenvalue weighted by Crippen LogP contribution is 2.35. The van der Waals surface area contributed by atoms with Gasteiger partial charge in [-0.25, -0.2) is 9.40 Å². The van der Waals surface area contributed by atoms with Gasteiger partial charge in [0.15, 0.2) is 0 Å². The summed E-state index contributed by atoms with van der Waals surface area (Å²) >= 11 is 6.49. The molecule has 1 saturated heterocycles. The second-order valence-corrected chi connectivity index (χ2v) is 12.1. The Morgan fingerprint density at radius 3 is 2.36 bits per heavy atom. The van der Waals surface area contributed by atoms with Crippen LogP contribution >= 0.6 is 11.6 Å². The van der Waals surface area contributed by atoms with Gasteiger partial charge in [0.05, 0.1) is 6.04 Å². The van der Waals surface area contributed by atoms with Crippen LogP contribution in [0.4, 0.5) is 4.39 Å². The number of fused-ring (bicyclic) bond motifs is 2. The van der Waals surface area contributed by atoms with Gasteiger partial charge in [-0.1, -0.05) is 48.0 Å². The number of aromatic amines is 2. The summed E-state index contributed by atoms with van der Waals surface area (Å²) in [5.41, 5.74) is 5.03. The quantitative estimate of drug-likeness (QED) is 0.187. The summed E-state index contributed by atoms with van der Waals surface area (Å²) in [5, 5.41) is 6.64. The SMILES string of the molecule is CC(=O)N(Cc1ccccc1Cl)C[C@@H](Cc1c[nH]c2ccccc12)N(C(C)=O)N1CCC(c2c[nH]c3ccc(F)cc23)CC1. The van der Waals surface area contributed by atoms with Crippen LogP contribution in [-0.4, -0.2) is 62.4 Å². The second kappa shape index (κ2) is 12.8. The van der Waals surface area contributed by atoms with E-state index in [4.69, 9.17) is 11.6 Å². The lowest BCUT2D eigenvalue weighted by atomic mass is 9.89. The number of benzene rings is 3. The molecule has 5 aromatic rings. The summed E-state index contributed by atoms with van der Waals surface area (Å²) in [6, 6.07) is 20.2. The molecule has 7 nitrogen and oxygen atoms in total. The van der Waals surface area contributed by atoms with E-state index in [-0.39, 0.29) is 29.6 Å². The van der Waals surface area contributed by atoms with Crippen LogP contribution in [0, 0.1) is 5.82 Å². The Morgan fingerprint density at radius 2 is 1.61 bits per heavy atom. The van der Waals surface area contributed by atoms with Crippen molar-refractivity contribution in [1.82, 2.24) is 24.9 Å². The van der Waals surface area contributed by atoms with E-state index >= 15 is 0 Å². The van der Waals surface area contributed by atoms with E-state index in [2.05, 4.69) is 21.0 Å². The molecule has 9 heteroatoms. The van der Waals surface area contributed by atoms with Crippen molar-refractivity contribution in [3.8, 4) is 0 Å². The van der Waals surface area contributed by atoms with Gasteiger partial charge in [0.2, 0.25) is 11.8 Å². The highest BCUT2D eigenvalue weighted by atomic mass is 35.5. The zero-order valence-electron chi connectivity index (χ0n) is 25.0. The van der Waals surface area contributed by atoms with Crippen molar-refractivity contribution in [3.63, 3.8) is 0 Å². The lowest BCUT2D eigenvalue weighted by Crippen LogP contribution is -2.57. The van der Waals surface area contributed by atoms with Crippen LogP contribution in [0.2, 0.25) is 5.02 Å². The Hall–Kier alpha value is -4.14. The first-order chi connectivity index (χ1) is 21.3. The van der Waals surface area contributed by atoms with E-state index in [9.17, 15) is 14.0 Å². The maximum Gasteiger partial charge on any atom is 0.234 e. The molecule has 1 fully saturated rings. The molecule has 2 amide bonds. The van der Waals surface area contributed by atoms with Gasteiger partial charge >= 0.3 is 0 Å². The van der Waals surface area contributed by atoms with E-state index < -0.39 is 0 Å². The maximum atomic E-state index is 14.1. The molecule has 1 atom stereocenters. The van der Waals surface area contributed by atoms with Crippen molar-refractivity contribution in [3.05, 3.63) is 107 Å². The van der Waals surface area contributed by atoms with Crippen LogP contribution in [-0.2, 0) is 22.6 Å². The van der Waals surface area contributed by atoms with E-state index in [1.807, 2.05) is 59.9 Å². The number of H-pyrrole nitrogens is 2. The minimum atomic E-state index is -0.308. The minimum absolute atomic E-state index is 0.0660. The number of carbonyl (C=O) groups is 2. The lowest BCUT2D eigenvalue weighted by molar-refractivity contribution is -0.158. The predicted molar refractivity (Wildman–Crippen MR) is 173 cm³/mol. The van der Waals surface area contributed by atoms with Crippen molar-refractivity contribution in [2.75, 3.05) is 19.6 Å². The normalized spacial score (nSPS) is 15.1. The summed E-state index contributed by atoms with van der Waals surface area (Å²) in [6.07, 6.45) is 6.21. The number of hydrazine groups is 1. The summed E-state index contributed by atoms with van der Waals surface area (Å²) in [4.78, 5) is 34.9. The second-order valence-electron chi connectivity index (χ2n) is 11.7. The molecule has 0 bridgehead atoms. The Bertz CT molecular complexity index is 1790. The number of carbonyl (C=O) groups excluding carboxylic acids is 2. The van der Waals surface area contributed by atoms with E-state index in [0.717, 1.165) is 51.3 Å². The van der Waals surface area contributed by atoms with Gasteiger partial charge in [-0.3, -0.25) is 14.6 Å². The number of hydrogen-bond donors (Lipinski definition) is 2. The predicted octanol–water partition coefficient (Wildman–Crippen LogP) is 7.04. The molecule has 3 heterocycles. The molecule has 1 aliphatic rings. The number of rotatable bonds is 9.